The van der Waals surface area contributed by atoms with Crippen molar-refractivity contribution >= 4 is 35.2 Å². The van der Waals surface area contributed by atoms with Crippen molar-refractivity contribution in [2.75, 3.05) is 45.7 Å². The van der Waals surface area contributed by atoms with Gasteiger partial charge in [0.05, 0.1) is 25.1 Å². The number of fused-ring (bicyclic) bond motifs is 1. The summed E-state index contributed by atoms with van der Waals surface area (Å²) in [6.07, 6.45) is -0.277. The second kappa shape index (κ2) is 12.6. The van der Waals surface area contributed by atoms with Gasteiger partial charge in [0.1, 0.15) is 24.5 Å². The molecule has 0 saturated carbocycles. The lowest BCUT2D eigenvalue weighted by Gasteiger charge is -2.25. The lowest BCUT2D eigenvalue weighted by atomic mass is 10.1. The predicted octanol–water partition coefficient (Wildman–Crippen LogP) is 4.27. The largest absolute Gasteiger partial charge is 0.490 e. The fraction of sp³-hybridized carbons (Fsp3) is 0.321. The Hall–Kier alpha value is -4.18. The molecule has 3 aromatic rings. The summed E-state index contributed by atoms with van der Waals surface area (Å²) < 4.78 is 16.7. The van der Waals surface area contributed by atoms with Crippen LogP contribution >= 0.6 is 11.6 Å². The fourth-order valence-electron chi connectivity index (χ4n) is 4.17. The number of halogens is 1. The third-order valence-electron chi connectivity index (χ3n) is 6.27. The Morgan fingerprint density at radius 2 is 1.85 bits per heavy atom. The smallest absolute Gasteiger partial charge is 0.410 e. The molecule has 0 saturated heterocycles. The standard InChI is InChI=1S/C28H31ClN4O6/c1-18-13-21(26(30-18)37-3)27(35)32(2)9-10-33(28(36)39-17-19-7-5-4-6-8-19)11-12-38-24-14-20-15-25(34)31-23(20)16-22(24)29/h4-8,13-14,16,30H,9-12,15,17H2,1-3H3,(H,31,34). The molecule has 0 bridgehead atoms. The Bertz CT molecular complexity index is 1340. The lowest BCUT2D eigenvalue weighted by molar-refractivity contribution is -0.115. The van der Waals surface area contributed by atoms with Gasteiger partial charge in [-0.2, -0.15) is 0 Å². The van der Waals surface area contributed by atoms with Gasteiger partial charge in [-0.05, 0) is 36.2 Å². The molecule has 11 heteroatoms. The maximum Gasteiger partial charge on any atom is 0.410 e. The summed E-state index contributed by atoms with van der Waals surface area (Å²) in [6.45, 7) is 2.73. The van der Waals surface area contributed by atoms with E-state index < -0.39 is 6.09 Å². The molecule has 0 atom stereocenters. The normalized spacial score (nSPS) is 11.9. The Balaban J connectivity index is 1.39. The van der Waals surface area contributed by atoms with E-state index in [0.717, 1.165) is 16.8 Å². The third kappa shape index (κ3) is 7.02. The van der Waals surface area contributed by atoms with Crippen LogP contribution < -0.4 is 14.8 Å². The monoisotopic (exact) mass is 554 g/mol. The minimum absolute atomic E-state index is 0.100. The van der Waals surface area contributed by atoms with E-state index in [4.69, 9.17) is 25.8 Å². The van der Waals surface area contributed by atoms with E-state index in [2.05, 4.69) is 10.3 Å². The number of rotatable bonds is 11. The number of hydrogen-bond donors (Lipinski definition) is 2. The number of anilines is 1. The predicted molar refractivity (Wildman–Crippen MR) is 147 cm³/mol. The van der Waals surface area contributed by atoms with Crippen molar-refractivity contribution in [3.05, 3.63) is 75.9 Å². The minimum atomic E-state index is -0.534. The second-order valence-electron chi connectivity index (χ2n) is 9.17. The molecule has 206 valence electrons. The molecule has 1 aliphatic rings. The fourth-order valence-corrected chi connectivity index (χ4v) is 4.39. The van der Waals surface area contributed by atoms with Crippen LogP contribution in [0, 0.1) is 6.92 Å². The highest BCUT2D eigenvalue weighted by Crippen LogP contribution is 2.34. The molecular weight excluding hydrogens is 524 g/mol. The van der Waals surface area contributed by atoms with Crippen molar-refractivity contribution < 1.29 is 28.6 Å². The van der Waals surface area contributed by atoms with E-state index in [1.54, 1.807) is 25.2 Å². The number of carbonyl (C=O) groups excluding carboxylic acids is 3. The molecule has 2 heterocycles. The molecule has 0 radical (unpaired) electrons. The van der Waals surface area contributed by atoms with Crippen LogP contribution in [0.4, 0.5) is 10.5 Å². The number of nitrogens with one attached hydrogen (secondary N) is 2. The summed E-state index contributed by atoms with van der Waals surface area (Å²) in [5, 5.41) is 3.11. The number of aromatic nitrogens is 1. The number of ether oxygens (including phenoxy) is 3. The van der Waals surface area contributed by atoms with Crippen molar-refractivity contribution in [2.45, 2.75) is 20.0 Å². The molecule has 3 amide bonds. The highest BCUT2D eigenvalue weighted by molar-refractivity contribution is 6.32. The minimum Gasteiger partial charge on any atom is -0.490 e. The maximum absolute atomic E-state index is 13.0. The third-order valence-corrected chi connectivity index (χ3v) is 6.56. The molecule has 2 N–H and O–H groups in total. The molecule has 0 spiro atoms. The van der Waals surface area contributed by atoms with Crippen LogP contribution in [0.3, 0.4) is 0 Å². The molecule has 0 unspecified atom stereocenters. The van der Waals surface area contributed by atoms with Crippen molar-refractivity contribution in [3.63, 3.8) is 0 Å². The zero-order valence-electron chi connectivity index (χ0n) is 22.1. The molecule has 10 nitrogen and oxygen atoms in total. The van der Waals surface area contributed by atoms with Gasteiger partial charge in [0.15, 0.2) is 0 Å². The van der Waals surface area contributed by atoms with Gasteiger partial charge in [-0.1, -0.05) is 41.9 Å². The zero-order valence-corrected chi connectivity index (χ0v) is 22.8. The summed E-state index contributed by atoms with van der Waals surface area (Å²) in [5.74, 6) is 0.474. The topological polar surface area (TPSA) is 113 Å². The first-order valence-electron chi connectivity index (χ1n) is 12.4. The first kappa shape index (κ1) is 27.8. The first-order valence-corrected chi connectivity index (χ1v) is 12.8. The van der Waals surface area contributed by atoms with Crippen LogP contribution in [-0.2, 0) is 22.6 Å². The molecule has 4 rings (SSSR count). The van der Waals surface area contributed by atoms with Crippen molar-refractivity contribution in [2.24, 2.45) is 0 Å². The quantitative estimate of drug-likeness (QED) is 0.366. The molecule has 1 aromatic heterocycles. The first-order chi connectivity index (χ1) is 18.7. The number of amides is 3. The highest BCUT2D eigenvalue weighted by atomic mass is 35.5. The number of benzene rings is 2. The Kier molecular flexibility index (Phi) is 8.98. The van der Waals surface area contributed by atoms with Gasteiger partial charge < -0.3 is 34.3 Å². The average molecular weight is 555 g/mol. The van der Waals surface area contributed by atoms with E-state index in [1.807, 2.05) is 37.3 Å². The molecule has 39 heavy (non-hydrogen) atoms. The van der Waals surface area contributed by atoms with Crippen LogP contribution in [0.25, 0.3) is 0 Å². The Morgan fingerprint density at radius 3 is 2.59 bits per heavy atom. The van der Waals surface area contributed by atoms with Crippen molar-refractivity contribution in [1.29, 1.82) is 0 Å². The number of carbonyl (C=O) groups is 3. The van der Waals surface area contributed by atoms with Crippen molar-refractivity contribution in [3.8, 4) is 11.6 Å². The van der Waals surface area contributed by atoms with Crippen LogP contribution in [0.5, 0.6) is 11.6 Å². The van der Waals surface area contributed by atoms with Gasteiger partial charge in [0.25, 0.3) is 5.91 Å². The number of likely N-dealkylation sites (N-methyl/N-ethyl adjacent to an activating group) is 1. The number of hydrogen-bond acceptors (Lipinski definition) is 6. The number of H-pyrrole nitrogens is 1. The van der Waals surface area contributed by atoms with Gasteiger partial charge in [0.2, 0.25) is 11.8 Å². The summed E-state index contributed by atoms with van der Waals surface area (Å²) in [7, 11) is 3.15. The number of aryl methyl sites for hydroxylation is 1. The highest BCUT2D eigenvalue weighted by Gasteiger charge is 2.23. The van der Waals surface area contributed by atoms with Crippen LogP contribution in [-0.4, -0.2) is 73.1 Å². The van der Waals surface area contributed by atoms with E-state index in [1.165, 1.54) is 16.9 Å². The van der Waals surface area contributed by atoms with Gasteiger partial charge in [-0.25, -0.2) is 4.79 Å². The lowest BCUT2D eigenvalue weighted by Crippen LogP contribution is -2.41. The molecule has 2 aromatic carbocycles. The van der Waals surface area contributed by atoms with E-state index >= 15 is 0 Å². The molecule has 0 fully saturated rings. The van der Waals surface area contributed by atoms with Gasteiger partial charge in [-0.15, -0.1) is 0 Å². The number of methoxy groups -OCH3 is 1. The van der Waals surface area contributed by atoms with Gasteiger partial charge >= 0.3 is 6.09 Å². The maximum atomic E-state index is 13.0. The molecular formula is C28H31ClN4O6. The van der Waals surface area contributed by atoms with Crippen LogP contribution in [0.15, 0.2) is 48.5 Å². The van der Waals surface area contributed by atoms with E-state index in [0.29, 0.717) is 27.9 Å². The zero-order chi connectivity index (χ0) is 27.9. The summed E-state index contributed by atoms with van der Waals surface area (Å²) in [5.41, 5.74) is 3.55. The SMILES string of the molecule is COc1[nH]c(C)cc1C(=O)N(C)CCN(CCOc1cc2c(cc1Cl)NC(=O)C2)C(=O)OCc1ccccc1. The van der Waals surface area contributed by atoms with Crippen LogP contribution in [0.2, 0.25) is 5.02 Å². The van der Waals surface area contributed by atoms with Gasteiger partial charge in [-0.3, -0.25) is 9.59 Å². The Morgan fingerprint density at radius 1 is 1.08 bits per heavy atom. The number of aromatic amines is 1. The van der Waals surface area contributed by atoms with E-state index in [9.17, 15) is 14.4 Å². The summed E-state index contributed by atoms with van der Waals surface area (Å²) in [6, 6.07) is 14.5. The molecule has 0 aliphatic carbocycles. The summed E-state index contributed by atoms with van der Waals surface area (Å²) >= 11 is 6.33. The molecule has 1 aliphatic heterocycles. The van der Waals surface area contributed by atoms with Gasteiger partial charge in [0, 0.05) is 31.5 Å². The number of nitrogens with zero attached hydrogens (tertiary/aromatic N) is 2. The average Bonchev–Trinajstić information content (AvgIpc) is 3.49. The Labute approximate surface area is 231 Å². The summed E-state index contributed by atoms with van der Waals surface area (Å²) in [4.78, 5) is 43.7. The van der Waals surface area contributed by atoms with E-state index in [-0.39, 0.29) is 51.1 Å². The second-order valence-corrected chi connectivity index (χ2v) is 9.57. The van der Waals surface area contributed by atoms with Crippen molar-refractivity contribution in [1.82, 2.24) is 14.8 Å². The van der Waals surface area contributed by atoms with Crippen LogP contribution in [0.1, 0.15) is 27.2 Å².